The van der Waals surface area contributed by atoms with E-state index in [4.69, 9.17) is 30.6 Å². The van der Waals surface area contributed by atoms with Gasteiger partial charge in [0.15, 0.2) is 0 Å². The summed E-state index contributed by atoms with van der Waals surface area (Å²) in [5, 5.41) is 51.8. The van der Waals surface area contributed by atoms with Gasteiger partial charge in [0.1, 0.15) is 34.5 Å². The van der Waals surface area contributed by atoms with Gasteiger partial charge >= 0.3 is 0 Å². The van der Waals surface area contributed by atoms with Crippen LogP contribution in [0.4, 0.5) is 0 Å². The van der Waals surface area contributed by atoms with Crippen molar-refractivity contribution in [1.29, 1.82) is 0 Å². The molecule has 8 unspecified atom stereocenters. The van der Waals surface area contributed by atoms with Gasteiger partial charge in [-0.1, -0.05) is 383 Å². The Hall–Kier alpha value is -7.44. The average molecular weight is 1400 g/mol. The van der Waals surface area contributed by atoms with E-state index in [0.29, 0.717) is 34.5 Å². The molecule has 8 aromatic rings. The normalized spacial score (nSPS) is 16.9. The molecular weight excluding hydrogens is 1240 g/mol. The van der Waals surface area contributed by atoms with Crippen molar-refractivity contribution in [2.45, 2.75) is 265 Å². The first-order valence-corrected chi connectivity index (χ1v) is 36.4. The quantitative estimate of drug-likeness (QED) is 0.0900. The van der Waals surface area contributed by atoms with Crippen LogP contribution in [0.15, 0.2) is 255 Å². The van der Waals surface area contributed by atoms with Crippen molar-refractivity contribution >= 4 is 0 Å². The lowest BCUT2D eigenvalue weighted by molar-refractivity contribution is 0.259. The van der Waals surface area contributed by atoms with Crippen LogP contribution in [0.25, 0.3) is 0 Å². The summed E-state index contributed by atoms with van der Waals surface area (Å²) < 4.78 is 0. The molecule has 6 saturated carbocycles. The molecule has 580 valence electrons. The van der Waals surface area contributed by atoms with Gasteiger partial charge in [0.25, 0.3) is 0 Å². The molecule has 6 fully saturated rings. The number of phenols is 6. The Balaban J connectivity index is -0.0000000959. The average Bonchev–Trinajstić information content (AvgIpc) is 1.64. The Morgan fingerprint density at radius 2 is 0.297 bits per heavy atom. The first-order valence-electron chi connectivity index (χ1n) is 36.4. The fourth-order valence-electron chi connectivity index (χ4n) is 11.4. The third-order valence-corrected chi connectivity index (χ3v) is 14.6. The molecule has 0 saturated heterocycles. The molecule has 6 nitrogen and oxygen atoms in total. The van der Waals surface area contributed by atoms with Gasteiger partial charge in [-0.2, -0.15) is 0 Å². The van der Waals surface area contributed by atoms with E-state index in [1.165, 1.54) is 73.0 Å². The molecule has 0 spiro atoms. The molecular formula is C95H164O6. The standard InChI is InChI=1S/2C10H16.6C6H6O.2C6H6.4C3H8.4C2H6.7CH4/c2*1-2-9-7-4-5-8(6-7)10(9)3-1;6*7-6-4-2-1-3-5-6;2*1-2-4-6-5-3-1;4*1-3-2;4*1-2;;;;;;;/h2*7-10H,1-6H2;6*1-5,7H;2*1-6H;4*3H2,1-2H3;4*1-2H3;7*1H4. The van der Waals surface area contributed by atoms with E-state index < -0.39 is 0 Å². The largest absolute Gasteiger partial charge is 0.508 e. The number of fused-ring (bicyclic) bond motifs is 10. The molecule has 6 aliphatic carbocycles. The van der Waals surface area contributed by atoms with Crippen LogP contribution in [0.5, 0.6) is 34.5 Å². The fraction of sp³-hybridized carbons (Fsp3) is 0.495. The van der Waals surface area contributed by atoms with E-state index in [1.807, 2.05) is 165 Å². The van der Waals surface area contributed by atoms with Gasteiger partial charge in [-0.25, -0.2) is 0 Å². The van der Waals surface area contributed by atoms with Crippen LogP contribution in [0, 0.1) is 47.3 Å². The smallest absolute Gasteiger partial charge is 0.115 e. The summed E-state index contributed by atoms with van der Waals surface area (Å²) in [5.74, 6) is 11.5. The number of hydrogen-bond acceptors (Lipinski definition) is 6. The van der Waals surface area contributed by atoms with Crippen LogP contribution in [-0.4, -0.2) is 30.6 Å². The molecule has 0 aliphatic heterocycles. The molecule has 0 aromatic heterocycles. The highest BCUT2D eigenvalue weighted by Crippen LogP contribution is 2.59. The Bertz CT molecular complexity index is 2120. The summed E-state index contributed by atoms with van der Waals surface area (Å²) in [7, 11) is 0. The fourth-order valence-corrected chi connectivity index (χ4v) is 11.4. The Morgan fingerprint density at radius 3 is 0.386 bits per heavy atom. The maximum Gasteiger partial charge on any atom is 0.115 e. The second-order valence-corrected chi connectivity index (χ2v) is 22.3. The van der Waals surface area contributed by atoms with Gasteiger partial charge in [-0.3, -0.25) is 0 Å². The number of para-hydroxylation sites is 6. The Labute approximate surface area is 629 Å². The molecule has 8 aromatic carbocycles. The highest BCUT2D eigenvalue weighted by atomic mass is 16.3. The molecule has 6 aliphatic rings. The number of rotatable bonds is 0. The lowest BCUT2D eigenvalue weighted by Crippen LogP contribution is -2.15. The lowest BCUT2D eigenvalue weighted by Gasteiger charge is -2.23. The van der Waals surface area contributed by atoms with Gasteiger partial charge in [0.2, 0.25) is 0 Å². The second kappa shape index (κ2) is 90.6. The Morgan fingerprint density at radius 1 is 0.198 bits per heavy atom. The topological polar surface area (TPSA) is 121 Å². The van der Waals surface area contributed by atoms with Crippen LogP contribution in [0.3, 0.4) is 0 Å². The number of benzene rings is 8. The minimum atomic E-state index is 0. The van der Waals surface area contributed by atoms with Crippen LogP contribution < -0.4 is 0 Å². The molecule has 6 heteroatoms. The van der Waals surface area contributed by atoms with Gasteiger partial charge in [0.05, 0.1) is 0 Å². The monoisotopic (exact) mass is 1400 g/mol. The van der Waals surface area contributed by atoms with Crippen LogP contribution in [0.2, 0.25) is 0 Å². The van der Waals surface area contributed by atoms with Crippen LogP contribution in [0.1, 0.15) is 265 Å². The van der Waals surface area contributed by atoms with Crippen molar-refractivity contribution in [3.63, 3.8) is 0 Å². The minimum absolute atomic E-state index is 0. The highest BCUT2D eigenvalue weighted by Gasteiger charge is 2.49. The van der Waals surface area contributed by atoms with Crippen molar-refractivity contribution in [2.75, 3.05) is 0 Å². The first-order chi connectivity index (χ1) is 45.9. The maximum absolute atomic E-state index is 8.63. The van der Waals surface area contributed by atoms with Crippen LogP contribution in [-0.2, 0) is 0 Å². The van der Waals surface area contributed by atoms with Gasteiger partial charge < -0.3 is 30.6 Å². The minimum Gasteiger partial charge on any atom is -0.508 e. The van der Waals surface area contributed by atoms with Crippen molar-refractivity contribution in [3.8, 4) is 34.5 Å². The molecule has 0 amide bonds. The van der Waals surface area contributed by atoms with Gasteiger partial charge in [-0.15, -0.1) is 0 Å². The molecule has 0 heterocycles. The molecule has 101 heavy (non-hydrogen) atoms. The zero-order valence-electron chi connectivity index (χ0n) is 61.9. The predicted octanol–water partition coefficient (Wildman–Crippen LogP) is 31.6. The van der Waals surface area contributed by atoms with E-state index in [0.717, 1.165) is 0 Å². The van der Waals surface area contributed by atoms with E-state index in [-0.39, 0.29) is 52.0 Å². The number of aromatic hydroxyl groups is 6. The Kier molecular flexibility index (Phi) is 105. The molecule has 8 atom stereocenters. The first kappa shape index (κ1) is 118. The van der Waals surface area contributed by atoms with Gasteiger partial charge in [-0.05, 0) is 184 Å². The maximum atomic E-state index is 8.63. The predicted molar refractivity (Wildman–Crippen MR) is 461 cm³/mol. The summed E-state index contributed by atoms with van der Waals surface area (Å²) >= 11 is 0. The molecule has 14 rings (SSSR count). The zero-order chi connectivity index (χ0) is 71.1. The van der Waals surface area contributed by atoms with E-state index in [1.54, 1.807) is 223 Å². The summed E-state index contributed by atoms with van der Waals surface area (Å²) in [4.78, 5) is 0. The SMILES string of the molecule is C.C.C.C.C.C.C.C1CC2C3CCC(C3)C2C1.C1CC2C3CCC(C3)C2C1.CC.CC.CC.CC.CCC.CCC.CCC.CCC.Oc1ccccc1.Oc1ccccc1.Oc1ccccc1.Oc1ccccc1.Oc1ccccc1.Oc1ccccc1.c1ccccc1.c1ccccc1. The van der Waals surface area contributed by atoms with Crippen molar-refractivity contribution in [1.82, 2.24) is 0 Å². The molecule has 4 bridgehead atoms. The zero-order valence-corrected chi connectivity index (χ0v) is 61.9. The summed E-state index contributed by atoms with van der Waals surface area (Å²) in [6.07, 6.45) is 24.1. The third kappa shape index (κ3) is 66.9. The highest BCUT2D eigenvalue weighted by molar-refractivity contribution is 5.22. The van der Waals surface area contributed by atoms with Crippen molar-refractivity contribution in [2.24, 2.45) is 47.3 Å². The van der Waals surface area contributed by atoms with Gasteiger partial charge in [0, 0.05) is 0 Å². The van der Waals surface area contributed by atoms with Crippen molar-refractivity contribution in [3.05, 3.63) is 255 Å². The summed E-state index contributed by atoms with van der Waals surface area (Å²) in [6.45, 7) is 33.0. The molecule has 6 N–H and O–H groups in total. The summed E-state index contributed by atoms with van der Waals surface area (Å²) in [5.41, 5.74) is 0. The van der Waals surface area contributed by atoms with Crippen molar-refractivity contribution < 1.29 is 30.6 Å². The summed E-state index contributed by atoms with van der Waals surface area (Å²) in [6, 6.07) is 76.3. The van der Waals surface area contributed by atoms with E-state index in [2.05, 4.69) is 55.4 Å². The van der Waals surface area contributed by atoms with E-state index >= 15 is 0 Å². The number of hydrogen-bond donors (Lipinski definition) is 6. The van der Waals surface area contributed by atoms with E-state index in [9.17, 15) is 0 Å². The molecule has 0 radical (unpaired) electrons. The van der Waals surface area contributed by atoms with Crippen LogP contribution >= 0.6 is 0 Å². The second-order valence-electron chi connectivity index (χ2n) is 22.3. The number of phenolic OH excluding ortho intramolecular Hbond substituents is 6. The lowest BCUT2D eigenvalue weighted by atomic mass is 9.82. The third-order valence-electron chi connectivity index (χ3n) is 14.6.